The summed E-state index contributed by atoms with van der Waals surface area (Å²) < 4.78 is 0. The Balaban J connectivity index is 0.00000288. The minimum atomic E-state index is 0. The summed E-state index contributed by atoms with van der Waals surface area (Å²) in [4.78, 5) is 11.2. The molecule has 0 saturated carbocycles. The predicted octanol–water partition coefficient (Wildman–Crippen LogP) is 3.54. The molecule has 1 fully saturated rings. The molecule has 0 bridgehead atoms. The molecule has 138 valence electrons. The van der Waals surface area contributed by atoms with Crippen molar-refractivity contribution in [2.75, 3.05) is 46.3 Å². The molecule has 2 rings (SSSR count). The lowest BCUT2D eigenvalue weighted by molar-refractivity contribution is 0.326. The first-order valence-corrected chi connectivity index (χ1v) is 9.85. The Kier molecular flexibility index (Phi) is 10.9. The van der Waals surface area contributed by atoms with Gasteiger partial charge in [0.1, 0.15) is 0 Å². The van der Waals surface area contributed by atoms with Crippen molar-refractivity contribution < 1.29 is 0 Å². The van der Waals surface area contributed by atoms with E-state index in [-0.39, 0.29) is 24.0 Å². The van der Waals surface area contributed by atoms with Crippen LogP contribution in [0.2, 0.25) is 0 Å². The van der Waals surface area contributed by atoms with Crippen LogP contribution in [0.15, 0.2) is 22.5 Å². The average Bonchev–Trinajstić information content (AvgIpc) is 3.21. The van der Waals surface area contributed by atoms with Gasteiger partial charge in [-0.2, -0.15) is 0 Å². The highest BCUT2D eigenvalue weighted by Gasteiger charge is 2.21. The van der Waals surface area contributed by atoms with Crippen molar-refractivity contribution in [3.05, 3.63) is 22.4 Å². The van der Waals surface area contributed by atoms with Gasteiger partial charge in [-0.05, 0) is 56.6 Å². The number of hydrogen-bond acceptors (Lipinski definition) is 3. The Bertz CT molecular complexity index is 464. The lowest BCUT2D eigenvalue weighted by atomic mass is 10.1. The van der Waals surface area contributed by atoms with E-state index in [1.54, 1.807) is 0 Å². The van der Waals surface area contributed by atoms with Gasteiger partial charge in [0.2, 0.25) is 0 Å². The average molecular weight is 464 g/mol. The Morgan fingerprint density at radius 1 is 1.46 bits per heavy atom. The molecule has 1 aliphatic heterocycles. The summed E-state index contributed by atoms with van der Waals surface area (Å²) in [5.74, 6) is 1.78. The topological polar surface area (TPSA) is 30.9 Å². The quantitative estimate of drug-likeness (QED) is 0.363. The van der Waals surface area contributed by atoms with Crippen LogP contribution >= 0.6 is 35.3 Å². The van der Waals surface area contributed by atoms with Crippen LogP contribution in [0.4, 0.5) is 0 Å². The minimum absolute atomic E-state index is 0. The molecule has 4 nitrogen and oxygen atoms in total. The third-order valence-corrected chi connectivity index (χ3v) is 5.32. The van der Waals surface area contributed by atoms with Crippen molar-refractivity contribution in [3.8, 4) is 0 Å². The fraction of sp³-hybridized carbons (Fsp3) is 0.722. The van der Waals surface area contributed by atoms with Crippen LogP contribution in [0.3, 0.4) is 0 Å². The van der Waals surface area contributed by atoms with Gasteiger partial charge in [-0.25, -0.2) is 0 Å². The van der Waals surface area contributed by atoms with Gasteiger partial charge in [-0.3, -0.25) is 4.99 Å². The van der Waals surface area contributed by atoms with Gasteiger partial charge in [0, 0.05) is 38.1 Å². The molecule has 2 heterocycles. The molecular formula is C18H33IN4S. The second-order valence-electron chi connectivity index (χ2n) is 6.40. The Hall–Kier alpha value is -0.340. The van der Waals surface area contributed by atoms with Crippen LogP contribution in [0.25, 0.3) is 0 Å². The van der Waals surface area contributed by atoms with Crippen LogP contribution < -0.4 is 5.32 Å². The minimum Gasteiger partial charge on any atom is -0.357 e. The van der Waals surface area contributed by atoms with E-state index in [1.165, 1.54) is 37.4 Å². The Morgan fingerprint density at radius 2 is 2.29 bits per heavy atom. The summed E-state index contributed by atoms with van der Waals surface area (Å²) in [7, 11) is 2.15. The number of thiophene rings is 1. The number of aliphatic imine (C=N–C) groups is 1. The molecule has 0 spiro atoms. The third kappa shape index (κ3) is 7.27. The van der Waals surface area contributed by atoms with Crippen LogP contribution in [-0.4, -0.2) is 62.1 Å². The zero-order valence-corrected chi connectivity index (χ0v) is 18.5. The van der Waals surface area contributed by atoms with Crippen LogP contribution in [-0.2, 0) is 6.42 Å². The molecule has 0 amide bonds. The molecule has 1 unspecified atom stereocenters. The summed E-state index contributed by atoms with van der Waals surface area (Å²) in [6.07, 6.45) is 3.64. The van der Waals surface area contributed by atoms with Crippen molar-refractivity contribution in [2.45, 2.75) is 33.1 Å². The molecule has 0 radical (unpaired) electrons. The molecule has 1 N–H and O–H groups in total. The number of halogens is 1. The van der Waals surface area contributed by atoms with Crippen molar-refractivity contribution in [1.82, 2.24) is 15.1 Å². The summed E-state index contributed by atoms with van der Waals surface area (Å²) in [5, 5.41) is 5.59. The van der Waals surface area contributed by atoms with Crippen molar-refractivity contribution in [3.63, 3.8) is 0 Å². The molecule has 1 aromatic rings. The van der Waals surface area contributed by atoms with E-state index < -0.39 is 0 Å². The summed E-state index contributed by atoms with van der Waals surface area (Å²) in [5.41, 5.74) is 0. The Labute approximate surface area is 168 Å². The van der Waals surface area contributed by atoms with E-state index in [0.29, 0.717) is 0 Å². The number of hydrogen-bond donors (Lipinski definition) is 1. The maximum absolute atomic E-state index is 4.90. The van der Waals surface area contributed by atoms with Crippen LogP contribution in [0.1, 0.15) is 31.6 Å². The maximum atomic E-state index is 4.90. The lowest BCUT2D eigenvalue weighted by Crippen LogP contribution is -2.40. The van der Waals surface area contributed by atoms with Gasteiger partial charge in [-0.1, -0.05) is 13.0 Å². The second-order valence-corrected chi connectivity index (χ2v) is 7.43. The number of likely N-dealkylation sites (N-methyl/N-ethyl adjacent to an activating group) is 1. The predicted molar refractivity (Wildman–Crippen MR) is 117 cm³/mol. The van der Waals surface area contributed by atoms with Gasteiger partial charge in [-0.15, -0.1) is 35.3 Å². The summed E-state index contributed by atoms with van der Waals surface area (Å²) in [6.45, 7) is 11.0. The summed E-state index contributed by atoms with van der Waals surface area (Å²) >= 11 is 1.84. The van der Waals surface area contributed by atoms with E-state index in [1.807, 2.05) is 11.3 Å². The van der Waals surface area contributed by atoms with E-state index in [9.17, 15) is 0 Å². The first-order valence-electron chi connectivity index (χ1n) is 8.97. The number of rotatable bonds is 8. The smallest absolute Gasteiger partial charge is 0.193 e. The number of nitrogens with zero attached hydrogens (tertiary/aromatic N) is 3. The van der Waals surface area contributed by atoms with E-state index >= 15 is 0 Å². The number of likely N-dealkylation sites (tertiary alicyclic amines) is 1. The highest BCUT2D eigenvalue weighted by Crippen LogP contribution is 2.16. The molecule has 1 aliphatic rings. The molecule has 1 saturated heterocycles. The van der Waals surface area contributed by atoms with E-state index in [0.717, 1.165) is 37.9 Å². The molecule has 1 atom stereocenters. The van der Waals surface area contributed by atoms with E-state index in [4.69, 9.17) is 4.99 Å². The van der Waals surface area contributed by atoms with Gasteiger partial charge in [0.05, 0.1) is 0 Å². The standard InChI is InChI=1S/C18H32N4S.HI/c1-4-10-22-12-8-16(15-22)14-20-18(19-5-2)21(3)11-9-17-7-6-13-23-17;/h6-7,13,16H,4-5,8-12,14-15H2,1-3H3,(H,19,20);1H. The maximum Gasteiger partial charge on any atom is 0.193 e. The largest absolute Gasteiger partial charge is 0.357 e. The van der Waals surface area contributed by atoms with Crippen molar-refractivity contribution in [2.24, 2.45) is 10.9 Å². The lowest BCUT2D eigenvalue weighted by Gasteiger charge is -2.22. The van der Waals surface area contributed by atoms with Gasteiger partial charge >= 0.3 is 0 Å². The van der Waals surface area contributed by atoms with Crippen molar-refractivity contribution >= 4 is 41.3 Å². The first-order chi connectivity index (χ1) is 11.2. The number of guanidine groups is 1. The highest BCUT2D eigenvalue weighted by atomic mass is 127. The highest BCUT2D eigenvalue weighted by molar-refractivity contribution is 14.0. The monoisotopic (exact) mass is 464 g/mol. The normalized spacial score (nSPS) is 18.5. The molecule has 6 heteroatoms. The zero-order valence-electron chi connectivity index (χ0n) is 15.3. The molecule has 24 heavy (non-hydrogen) atoms. The van der Waals surface area contributed by atoms with Crippen LogP contribution in [0.5, 0.6) is 0 Å². The van der Waals surface area contributed by atoms with Crippen molar-refractivity contribution in [1.29, 1.82) is 0 Å². The molecule has 1 aromatic heterocycles. The molecule has 0 aromatic carbocycles. The Morgan fingerprint density at radius 3 is 2.96 bits per heavy atom. The van der Waals surface area contributed by atoms with E-state index in [2.05, 4.69) is 53.5 Å². The van der Waals surface area contributed by atoms with Gasteiger partial charge in [0.25, 0.3) is 0 Å². The van der Waals surface area contributed by atoms with Gasteiger partial charge in [0.15, 0.2) is 5.96 Å². The molecule has 0 aliphatic carbocycles. The molecular weight excluding hydrogens is 431 g/mol. The third-order valence-electron chi connectivity index (χ3n) is 4.38. The fourth-order valence-electron chi connectivity index (χ4n) is 3.11. The fourth-order valence-corrected chi connectivity index (χ4v) is 3.80. The number of nitrogens with one attached hydrogen (secondary N) is 1. The van der Waals surface area contributed by atoms with Gasteiger partial charge < -0.3 is 15.1 Å². The zero-order chi connectivity index (χ0) is 16.5. The first kappa shape index (κ1) is 21.7. The second kappa shape index (κ2) is 12.1. The summed E-state index contributed by atoms with van der Waals surface area (Å²) in [6, 6.07) is 4.34. The van der Waals surface area contributed by atoms with Crippen LogP contribution in [0, 0.1) is 5.92 Å². The SMILES string of the molecule is CCCN1CCC(CN=C(NCC)N(C)CCc2cccs2)C1.I.